The fourth-order valence-corrected chi connectivity index (χ4v) is 2.03. The van der Waals surface area contributed by atoms with Crippen molar-refractivity contribution in [2.75, 3.05) is 19.0 Å². The summed E-state index contributed by atoms with van der Waals surface area (Å²) < 4.78 is 44.1. The van der Waals surface area contributed by atoms with Crippen molar-refractivity contribution >= 4 is 23.5 Å². The van der Waals surface area contributed by atoms with Gasteiger partial charge >= 0.3 is 5.97 Å². The Labute approximate surface area is 146 Å². The molecule has 0 bridgehead atoms. The van der Waals surface area contributed by atoms with Crippen molar-refractivity contribution in [2.24, 2.45) is 0 Å². The van der Waals surface area contributed by atoms with Gasteiger partial charge in [-0.25, -0.2) is 18.0 Å². The Morgan fingerprint density at radius 2 is 1.65 bits per heavy atom. The molecule has 2 N–H and O–H groups in total. The van der Waals surface area contributed by atoms with Crippen molar-refractivity contribution in [1.29, 1.82) is 0 Å². The molecule has 0 aliphatic rings. The fraction of sp³-hybridized carbons (Fsp3) is 0.118. The first-order chi connectivity index (χ1) is 12.3. The zero-order valence-electron chi connectivity index (χ0n) is 13.4. The molecule has 0 radical (unpaired) electrons. The highest BCUT2D eigenvalue weighted by molar-refractivity contribution is 6.03. The van der Waals surface area contributed by atoms with E-state index in [2.05, 4.69) is 15.4 Å². The van der Waals surface area contributed by atoms with Gasteiger partial charge in [0.2, 0.25) is 5.91 Å². The number of rotatable bonds is 5. The largest absolute Gasteiger partial charge is 0.465 e. The Hall–Kier alpha value is -3.36. The highest BCUT2D eigenvalue weighted by Gasteiger charge is 2.19. The number of ether oxygens (including phenoxy) is 1. The summed E-state index contributed by atoms with van der Waals surface area (Å²) in [7, 11) is 1.18. The second-order valence-electron chi connectivity index (χ2n) is 4.99. The van der Waals surface area contributed by atoms with Crippen LogP contribution in [0, 0.1) is 17.5 Å². The molecule has 0 saturated heterocycles. The number of carbonyl (C=O) groups is 3. The number of esters is 1. The van der Waals surface area contributed by atoms with Gasteiger partial charge in [-0.2, -0.15) is 0 Å². The molecule has 2 aromatic carbocycles. The molecule has 2 amide bonds. The Morgan fingerprint density at radius 3 is 2.35 bits per heavy atom. The summed E-state index contributed by atoms with van der Waals surface area (Å²) in [6.45, 7) is -0.591. The summed E-state index contributed by atoms with van der Waals surface area (Å²) >= 11 is 0. The molecular formula is C17H13F3N2O4. The second kappa shape index (κ2) is 8.15. The van der Waals surface area contributed by atoms with Crippen LogP contribution >= 0.6 is 0 Å². The third-order valence-corrected chi connectivity index (χ3v) is 3.30. The third-order valence-electron chi connectivity index (χ3n) is 3.30. The summed E-state index contributed by atoms with van der Waals surface area (Å²) in [5.74, 6) is -7.37. The zero-order valence-corrected chi connectivity index (χ0v) is 13.4. The molecule has 9 heteroatoms. The van der Waals surface area contributed by atoms with E-state index in [4.69, 9.17) is 0 Å². The van der Waals surface area contributed by atoms with Gasteiger partial charge in [0.1, 0.15) is 0 Å². The first kappa shape index (κ1) is 19.0. The number of nitrogens with one attached hydrogen (secondary N) is 2. The normalized spacial score (nSPS) is 10.2. The van der Waals surface area contributed by atoms with Crippen LogP contribution in [0.4, 0.5) is 18.9 Å². The Balaban J connectivity index is 2.03. The topological polar surface area (TPSA) is 84.5 Å². The van der Waals surface area contributed by atoms with Crippen molar-refractivity contribution in [1.82, 2.24) is 5.32 Å². The van der Waals surface area contributed by atoms with Gasteiger partial charge in [-0.3, -0.25) is 9.59 Å². The molecule has 0 unspecified atom stereocenters. The van der Waals surface area contributed by atoms with Gasteiger partial charge in [0.25, 0.3) is 5.91 Å². The number of halogens is 3. The fourth-order valence-electron chi connectivity index (χ4n) is 2.03. The van der Waals surface area contributed by atoms with Crippen LogP contribution in [0.3, 0.4) is 0 Å². The van der Waals surface area contributed by atoms with Crippen LogP contribution < -0.4 is 10.6 Å². The lowest BCUT2D eigenvalue weighted by atomic mass is 10.1. The summed E-state index contributed by atoms with van der Waals surface area (Å²) in [5.41, 5.74) is -0.495. The maximum Gasteiger partial charge on any atom is 0.339 e. The summed E-state index contributed by atoms with van der Waals surface area (Å²) in [4.78, 5) is 35.3. The standard InChI is InChI=1S/C17H13F3N2O4/c1-26-17(25)9-4-2-3-5-12(9)22-13(23)8-21-16(24)10-6-7-11(18)15(20)14(10)19/h2-7H,8H2,1H3,(H,21,24)(H,22,23). The van der Waals surface area contributed by atoms with Crippen LogP contribution in [-0.2, 0) is 9.53 Å². The summed E-state index contributed by atoms with van der Waals surface area (Å²) in [6, 6.07) is 7.36. The molecule has 0 aliphatic heterocycles. The number of anilines is 1. The highest BCUT2D eigenvalue weighted by Crippen LogP contribution is 2.16. The molecule has 2 rings (SSSR count). The van der Waals surface area contributed by atoms with E-state index < -0.39 is 47.3 Å². The van der Waals surface area contributed by atoms with Gasteiger partial charge in [-0.05, 0) is 24.3 Å². The minimum atomic E-state index is -1.78. The minimum absolute atomic E-state index is 0.0985. The Kier molecular flexibility index (Phi) is 5.94. The van der Waals surface area contributed by atoms with Crippen LogP contribution in [0.25, 0.3) is 0 Å². The van der Waals surface area contributed by atoms with Crippen molar-refractivity contribution in [3.63, 3.8) is 0 Å². The molecule has 0 heterocycles. The van der Waals surface area contributed by atoms with Crippen molar-refractivity contribution < 1.29 is 32.3 Å². The van der Waals surface area contributed by atoms with E-state index in [1.54, 1.807) is 12.1 Å². The molecule has 2 aromatic rings. The first-order valence-corrected chi connectivity index (χ1v) is 7.24. The van der Waals surface area contributed by atoms with Gasteiger partial charge in [-0.15, -0.1) is 0 Å². The van der Waals surface area contributed by atoms with Crippen LogP contribution in [-0.4, -0.2) is 31.4 Å². The molecule has 0 spiro atoms. The average molecular weight is 366 g/mol. The quantitative estimate of drug-likeness (QED) is 0.628. The summed E-state index contributed by atoms with van der Waals surface area (Å²) in [5, 5.41) is 4.46. The van der Waals surface area contributed by atoms with E-state index in [9.17, 15) is 27.6 Å². The lowest BCUT2D eigenvalue weighted by Crippen LogP contribution is -2.33. The average Bonchev–Trinajstić information content (AvgIpc) is 2.64. The van der Waals surface area contributed by atoms with Crippen LogP contribution in [0.5, 0.6) is 0 Å². The SMILES string of the molecule is COC(=O)c1ccccc1NC(=O)CNC(=O)c1ccc(F)c(F)c1F. The number of para-hydroxylation sites is 1. The lowest BCUT2D eigenvalue weighted by molar-refractivity contribution is -0.115. The van der Waals surface area contributed by atoms with E-state index in [-0.39, 0.29) is 11.3 Å². The molecule has 0 saturated carbocycles. The predicted molar refractivity (Wildman–Crippen MR) is 85.1 cm³/mol. The number of benzene rings is 2. The number of amides is 2. The van der Waals surface area contributed by atoms with E-state index in [0.29, 0.717) is 6.07 Å². The maximum atomic E-state index is 13.5. The van der Waals surface area contributed by atoms with Gasteiger partial charge in [0, 0.05) is 0 Å². The monoisotopic (exact) mass is 366 g/mol. The van der Waals surface area contributed by atoms with Crippen molar-refractivity contribution in [2.45, 2.75) is 0 Å². The van der Waals surface area contributed by atoms with Gasteiger partial charge in [-0.1, -0.05) is 12.1 Å². The number of carbonyl (C=O) groups excluding carboxylic acids is 3. The molecule has 6 nitrogen and oxygen atoms in total. The molecule has 0 aromatic heterocycles. The molecule has 0 aliphatic carbocycles. The molecule has 26 heavy (non-hydrogen) atoms. The van der Waals surface area contributed by atoms with E-state index in [0.717, 1.165) is 6.07 Å². The lowest BCUT2D eigenvalue weighted by Gasteiger charge is -2.10. The zero-order chi connectivity index (χ0) is 19.3. The van der Waals surface area contributed by atoms with Gasteiger partial charge in [0.15, 0.2) is 17.5 Å². The summed E-state index contributed by atoms with van der Waals surface area (Å²) in [6.07, 6.45) is 0. The number of methoxy groups -OCH3 is 1. The van der Waals surface area contributed by atoms with Crippen LogP contribution in [0.2, 0.25) is 0 Å². The van der Waals surface area contributed by atoms with E-state index in [1.165, 1.54) is 19.2 Å². The third kappa shape index (κ3) is 4.18. The van der Waals surface area contributed by atoms with E-state index >= 15 is 0 Å². The first-order valence-electron chi connectivity index (χ1n) is 7.24. The minimum Gasteiger partial charge on any atom is -0.465 e. The molecule has 0 fully saturated rings. The number of hydrogen-bond donors (Lipinski definition) is 2. The smallest absolute Gasteiger partial charge is 0.339 e. The molecule has 0 atom stereocenters. The second-order valence-corrected chi connectivity index (χ2v) is 4.99. The van der Waals surface area contributed by atoms with Crippen molar-refractivity contribution in [3.8, 4) is 0 Å². The Morgan fingerprint density at radius 1 is 0.962 bits per heavy atom. The Bertz CT molecular complexity index is 871. The number of hydrogen-bond acceptors (Lipinski definition) is 4. The van der Waals surface area contributed by atoms with Crippen LogP contribution in [0.1, 0.15) is 20.7 Å². The van der Waals surface area contributed by atoms with E-state index in [1.807, 2.05) is 0 Å². The van der Waals surface area contributed by atoms with Crippen molar-refractivity contribution in [3.05, 3.63) is 65.0 Å². The van der Waals surface area contributed by atoms with Gasteiger partial charge < -0.3 is 15.4 Å². The van der Waals surface area contributed by atoms with Crippen LogP contribution in [0.15, 0.2) is 36.4 Å². The highest BCUT2D eigenvalue weighted by atomic mass is 19.2. The molecular weight excluding hydrogens is 353 g/mol. The maximum absolute atomic E-state index is 13.5. The predicted octanol–water partition coefficient (Wildman–Crippen LogP) is 2.26. The van der Waals surface area contributed by atoms with Gasteiger partial charge in [0.05, 0.1) is 30.5 Å². The molecule has 136 valence electrons.